The van der Waals surface area contributed by atoms with Gasteiger partial charge in [0.1, 0.15) is 0 Å². The minimum atomic E-state index is -0.458. The van der Waals surface area contributed by atoms with Crippen molar-refractivity contribution in [2.75, 3.05) is 13.2 Å². The second-order valence-corrected chi connectivity index (χ2v) is 3.53. The molecular formula is C9H18O3. The fourth-order valence-corrected chi connectivity index (χ4v) is 1.49. The highest BCUT2D eigenvalue weighted by molar-refractivity contribution is 4.70. The Balaban J connectivity index is 2.35. The fraction of sp³-hybridized carbons (Fsp3) is 1.00. The van der Waals surface area contributed by atoms with Crippen molar-refractivity contribution in [3.05, 3.63) is 0 Å². The Bertz CT molecular complexity index is 138. The minimum absolute atomic E-state index is 0.205. The summed E-state index contributed by atoms with van der Waals surface area (Å²) in [5.74, 6) is -0.458. The highest BCUT2D eigenvalue weighted by Crippen LogP contribution is 2.26. The van der Waals surface area contributed by atoms with Crippen LogP contribution in [-0.4, -0.2) is 30.2 Å². The maximum absolute atomic E-state index is 8.67. The topological polar surface area (TPSA) is 38.7 Å². The molecule has 2 atom stereocenters. The Morgan fingerprint density at radius 1 is 1.58 bits per heavy atom. The van der Waals surface area contributed by atoms with Crippen molar-refractivity contribution in [2.24, 2.45) is 0 Å². The van der Waals surface area contributed by atoms with Gasteiger partial charge < -0.3 is 14.6 Å². The van der Waals surface area contributed by atoms with E-state index in [0.717, 1.165) is 25.9 Å². The van der Waals surface area contributed by atoms with Crippen molar-refractivity contribution < 1.29 is 14.6 Å². The van der Waals surface area contributed by atoms with Gasteiger partial charge in [-0.15, -0.1) is 0 Å². The summed E-state index contributed by atoms with van der Waals surface area (Å²) in [6, 6.07) is 0. The van der Waals surface area contributed by atoms with Gasteiger partial charge in [0.15, 0.2) is 5.79 Å². The molecule has 1 heterocycles. The molecule has 3 nitrogen and oxygen atoms in total. The first kappa shape index (κ1) is 9.96. The number of hydrogen-bond acceptors (Lipinski definition) is 3. The second kappa shape index (κ2) is 4.21. The lowest BCUT2D eigenvalue weighted by atomic mass is 10.1. The molecule has 2 unspecified atom stereocenters. The van der Waals surface area contributed by atoms with Crippen molar-refractivity contribution in [1.82, 2.24) is 0 Å². The van der Waals surface area contributed by atoms with Crippen molar-refractivity contribution in [1.29, 1.82) is 0 Å². The van der Waals surface area contributed by atoms with Gasteiger partial charge in [-0.2, -0.15) is 0 Å². The number of hydrogen-bond donors (Lipinski definition) is 1. The van der Waals surface area contributed by atoms with Crippen LogP contribution in [0.1, 0.15) is 33.1 Å². The predicted octanol–water partition coefficient (Wildman–Crippen LogP) is 1.30. The largest absolute Gasteiger partial charge is 0.396 e. The fourth-order valence-electron chi connectivity index (χ4n) is 1.49. The normalized spacial score (nSPS) is 36.8. The van der Waals surface area contributed by atoms with E-state index in [9.17, 15) is 0 Å². The van der Waals surface area contributed by atoms with Gasteiger partial charge in [0, 0.05) is 13.0 Å². The van der Waals surface area contributed by atoms with E-state index >= 15 is 0 Å². The van der Waals surface area contributed by atoms with Crippen LogP contribution in [0.4, 0.5) is 0 Å². The molecular weight excluding hydrogens is 156 g/mol. The highest BCUT2D eigenvalue weighted by atomic mass is 16.7. The van der Waals surface area contributed by atoms with Gasteiger partial charge in [0.2, 0.25) is 0 Å². The molecule has 1 aliphatic heterocycles. The summed E-state index contributed by atoms with van der Waals surface area (Å²) in [6.07, 6.45) is 2.76. The van der Waals surface area contributed by atoms with Crippen LogP contribution in [0.5, 0.6) is 0 Å². The first-order valence-electron chi connectivity index (χ1n) is 4.59. The summed E-state index contributed by atoms with van der Waals surface area (Å²) in [6.45, 7) is 4.97. The van der Waals surface area contributed by atoms with E-state index in [1.54, 1.807) is 0 Å². The molecule has 0 bridgehead atoms. The van der Waals surface area contributed by atoms with E-state index in [1.165, 1.54) is 0 Å². The molecule has 3 heteroatoms. The van der Waals surface area contributed by atoms with Crippen molar-refractivity contribution >= 4 is 0 Å². The van der Waals surface area contributed by atoms with E-state index in [0.29, 0.717) is 0 Å². The quantitative estimate of drug-likeness (QED) is 0.701. The van der Waals surface area contributed by atoms with E-state index in [1.807, 2.05) is 6.92 Å². The van der Waals surface area contributed by atoms with Crippen LogP contribution >= 0.6 is 0 Å². The van der Waals surface area contributed by atoms with Gasteiger partial charge in [-0.05, 0) is 26.7 Å². The minimum Gasteiger partial charge on any atom is -0.396 e. The van der Waals surface area contributed by atoms with E-state index in [-0.39, 0.29) is 12.7 Å². The van der Waals surface area contributed by atoms with Crippen LogP contribution in [0.2, 0.25) is 0 Å². The van der Waals surface area contributed by atoms with Gasteiger partial charge in [-0.25, -0.2) is 0 Å². The van der Waals surface area contributed by atoms with Gasteiger partial charge in [-0.3, -0.25) is 0 Å². The average Bonchev–Trinajstić information content (AvgIpc) is 2.01. The lowest BCUT2D eigenvalue weighted by Gasteiger charge is -2.37. The third kappa shape index (κ3) is 2.73. The van der Waals surface area contributed by atoms with Gasteiger partial charge in [-0.1, -0.05) is 0 Å². The Morgan fingerprint density at radius 2 is 2.33 bits per heavy atom. The summed E-state index contributed by atoms with van der Waals surface area (Å²) >= 11 is 0. The predicted molar refractivity (Wildman–Crippen MR) is 45.8 cm³/mol. The van der Waals surface area contributed by atoms with Crippen LogP contribution in [-0.2, 0) is 9.47 Å². The van der Waals surface area contributed by atoms with E-state index in [2.05, 4.69) is 6.92 Å². The molecule has 1 N–H and O–H groups in total. The molecule has 0 saturated carbocycles. The summed E-state index contributed by atoms with van der Waals surface area (Å²) in [5.41, 5.74) is 0. The van der Waals surface area contributed by atoms with E-state index < -0.39 is 5.79 Å². The van der Waals surface area contributed by atoms with Crippen LogP contribution in [0.15, 0.2) is 0 Å². The third-order valence-corrected chi connectivity index (χ3v) is 2.17. The first-order chi connectivity index (χ1) is 5.66. The SMILES string of the molecule is CC1CCOC(C)(CCCO)O1. The van der Waals surface area contributed by atoms with Gasteiger partial charge in [0.05, 0.1) is 12.7 Å². The Labute approximate surface area is 73.7 Å². The molecule has 0 aliphatic carbocycles. The molecule has 12 heavy (non-hydrogen) atoms. The molecule has 0 amide bonds. The molecule has 0 aromatic rings. The number of aliphatic hydroxyl groups is 1. The van der Waals surface area contributed by atoms with Crippen LogP contribution < -0.4 is 0 Å². The molecule has 1 saturated heterocycles. The summed E-state index contributed by atoms with van der Waals surface area (Å²) < 4.78 is 11.1. The average molecular weight is 174 g/mol. The lowest BCUT2D eigenvalue weighted by molar-refractivity contribution is -0.283. The standard InChI is InChI=1S/C9H18O3/c1-8-4-7-11-9(2,12-8)5-3-6-10/h8,10H,3-7H2,1-2H3. The van der Waals surface area contributed by atoms with Crippen LogP contribution in [0, 0.1) is 0 Å². The zero-order valence-corrected chi connectivity index (χ0v) is 7.88. The molecule has 72 valence electrons. The van der Waals surface area contributed by atoms with Gasteiger partial charge in [0.25, 0.3) is 0 Å². The summed E-state index contributed by atoms with van der Waals surface area (Å²) in [7, 11) is 0. The Kier molecular flexibility index (Phi) is 3.50. The maximum atomic E-state index is 8.67. The molecule has 1 rings (SSSR count). The molecule has 1 fully saturated rings. The second-order valence-electron chi connectivity index (χ2n) is 3.53. The number of aliphatic hydroxyl groups excluding tert-OH is 1. The highest BCUT2D eigenvalue weighted by Gasteiger charge is 2.31. The number of rotatable bonds is 3. The Hall–Kier alpha value is -0.120. The molecule has 0 aromatic carbocycles. The lowest BCUT2D eigenvalue weighted by Crippen LogP contribution is -2.41. The smallest absolute Gasteiger partial charge is 0.165 e. The summed E-state index contributed by atoms with van der Waals surface area (Å²) in [4.78, 5) is 0. The first-order valence-corrected chi connectivity index (χ1v) is 4.59. The number of ether oxygens (including phenoxy) is 2. The third-order valence-electron chi connectivity index (χ3n) is 2.17. The van der Waals surface area contributed by atoms with Crippen LogP contribution in [0.3, 0.4) is 0 Å². The van der Waals surface area contributed by atoms with E-state index in [4.69, 9.17) is 14.6 Å². The van der Waals surface area contributed by atoms with Gasteiger partial charge >= 0.3 is 0 Å². The molecule has 0 radical (unpaired) electrons. The zero-order chi connectivity index (χ0) is 9.03. The van der Waals surface area contributed by atoms with Crippen molar-refractivity contribution in [3.8, 4) is 0 Å². The summed E-state index contributed by atoms with van der Waals surface area (Å²) in [5, 5.41) is 8.67. The van der Waals surface area contributed by atoms with Crippen LogP contribution in [0.25, 0.3) is 0 Å². The molecule has 1 aliphatic rings. The molecule has 0 aromatic heterocycles. The Morgan fingerprint density at radius 3 is 2.92 bits per heavy atom. The monoisotopic (exact) mass is 174 g/mol. The van der Waals surface area contributed by atoms with Crippen molar-refractivity contribution in [3.63, 3.8) is 0 Å². The molecule has 0 spiro atoms. The zero-order valence-electron chi connectivity index (χ0n) is 7.88. The van der Waals surface area contributed by atoms with Crippen molar-refractivity contribution in [2.45, 2.75) is 45.0 Å². The maximum Gasteiger partial charge on any atom is 0.165 e.